The van der Waals surface area contributed by atoms with Crippen molar-refractivity contribution in [1.29, 1.82) is 0 Å². The first-order valence-corrected chi connectivity index (χ1v) is 9.35. The molecule has 0 bridgehead atoms. The van der Waals surface area contributed by atoms with Gasteiger partial charge in [-0.1, -0.05) is 24.3 Å². The molecule has 0 saturated carbocycles. The van der Waals surface area contributed by atoms with Crippen LogP contribution >= 0.6 is 0 Å². The van der Waals surface area contributed by atoms with E-state index in [1.807, 2.05) is 12.1 Å². The zero-order valence-electron chi connectivity index (χ0n) is 15.1. The van der Waals surface area contributed by atoms with Crippen LogP contribution < -0.4 is 4.90 Å². The summed E-state index contributed by atoms with van der Waals surface area (Å²) in [6.07, 6.45) is 4.44. The minimum absolute atomic E-state index is 0.00414. The van der Waals surface area contributed by atoms with Gasteiger partial charge in [-0.2, -0.15) is 0 Å². The highest BCUT2D eigenvalue weighted by molar-refractivity contribution is 6.05. The summed E-state index contributed by atoms with van der Waals surface area (Å²) in [5.74, 6) is -0.794. The third kappa shape index (κ3) is 3.50. The Hall–Kier alpha value is -2.95. The summed E-state index contributed by atoms with van der Waals surface area (Å²) in [5.41, 5.74) is 3.95. The number of aryl methyl sites for hydroxylation is 2. The molecule has 0 radical (unpaired) electrons. The molecule has 0 aromatic heterocycles. The number of nitrogens with zero attached hydrogens (tertiary/aromatic N) is 1. The number of para-hydroxylation sites is 1. The van der Waals surface area contributed by atoms with Gasteiger partial charge in [0, 0.05) is 18.5 Å². The highest BCUT2D eigenvalue weighted by atomic mass is 16.5. The molecule has 2 aliphatic rings. The SMILES string of the molecule is O=C(COC(=O)c1ccccc1N1CCCC1=O)c1ccc2c(c1)CCC2. The topological polar surface area (TPSA) is 63.7 Å². The van der Waals surface area contributed by atoms with Gasteiger partial charge in [-0.3, -0.25) is 9.59 Å². The van der Waals surface area contributed by atoms with Crippen LogP contribution in [0.4, 0.5) is 5.69 Å². The number of Topliss-reactive ketones (excluding diaryl/α,β-unsaturated/α-hetero) is 1. The van der Waals surface area contributed by atoms with Gasteiger partial charge in [0.2, 0.25) is 5.91 Å². The molecule has 0 unspecified atom stereocenters. The number of rotatable bonds is 5. The highest BCUT2D eigenvalue weighted by Gasteiger charge is 2.26. The molecule has 1 saturated heterocycles. The maximum atomic E-state index is 12.5. The van der Waals surface area contributed by atoms with E-state index in [4.69, 9.17) is 4.74 Å². The van der Waals surface area contributed by atoms with Crippen LogP contribution in [-0.2, 0) is 22.4 Å². The van der Waals surface area contributed by atoms with E-state index in [1.54, 1.807) is 35.2 Å². The maximum Gasteiger partial charge on any atom is 0.340 e. The van der Waals surface area contributed by atoms with Crippen molar-refractivity contribution in [3.63, 3.8) is 0 Å². The van der Waals surface area contributed by atoms with E-state index in [9.17, 15) is 14.4 Å². The fourth-order valence-electron chi connectivity index (χ4n) is 3.82. The van der Waals surface area contributed by atoms with Crippen LogP contribution in [-0.4, -0.2) is 30.8 Å². The molecule has 4 rings (SSSR count). The predicted molar refractivity (Wildman–Crippen MR) is 101 cm³/mol. The number of ketones is 1. The molecule has 0 atom stereocenters. The minimum Gasteiger partial charge on any atom is -0.454 e. The second kappa shape index (κ2) is 7.35. The molecular formula is C22H21NO4. The average molecular weight is 363 g/mol. The van der Waals surface area contributed by atoms with E-state index in [0.717, 1.165) is 25.7 Å². The number of esters is 1. The maximum absolute atomic E-state index is 12.5. The quantitative estimate of drug-likeness (QED) is 0.604. The van der Waals surface area contributed by atoms with Gasteiger partial charge in [-0.05, 0) is 55.0 Å². The van der Waals surface area contributed by atoms with Crippen molar-refractivity contribution in [2.24, 2.45) is 0 Å². The number of carbonyl (C=O) groups excluding carboxylic acids is 3. The first-order chi connectivity index (χ1) is 13.1. The van der Waals surface area contributed by atoms with Crippen LogP contribution in [0.1, 0.15) is 51.1 Å². The van der Waals surface area contributed by atoms with E-state index < -0.39 is 5.97 Å². The molecule has 5 nitrogen and oxygen atoms in total. The Kier molecular flexibility index (Phi) is 4.75. The molecule has 0 N–H and O–H groups in total. The lowest BCUT2D eigenvalue weighted by Gasteiger charge is -2.18. The van der Waals surface area contributed by atoms with Gasteiger partial charge < -0.3 is 9.64 Å². The Morgan fingerprint density at radius 2 is 1.78 bits per heavy atom. The fourth-order valence-corrected chi connectivity index (χ4v) is 3.82. The monoisotopic (exact) mass is 363 g/mol. The lowest BCUT2D eigenvalue weighted by atomic mass is 10.0. The van der Waals surface area contributed by atoms with Crippen LogP contribution in [0.25, 0.3) is 0 Å². The number of benzene rings is 2. The standard InChI is InChI=1S/C22H21NO4/c24-20(17-11-10-15-5-3-6-16(15)13-17)14-27-22(26)18-7-1-2-8-19(18)23-12-4-9-21(23)25/h1-2,7-8,10-11,13H,3-6,9,12,14H2. The summed E-state index contributed by atoms with van der Waals surface area (Å²) in [6.45, 7) is 0.289. The minimum atomic E-state index is -0.584. The van der Waals surface area contributed by atoms with Crippen LogP contribution in [0.3, 0.4) is 0 Å². The van der Waals surface area contributed by atoms with Gasteiger partial charge >= 0.3 is 5.97 Å². The number of hydrogen-bond donors (Lipinski definition) is 0. The molecule has 5 heteroatoms. The summed E-state index contributed by atoms with van der Waals surface area (Å²) < 4.78 is 5.27. The fraction of sp³-hybridized carbons (Fsp3) is 0.318. The van der Waals surface area contributed by atoms with Crippen molar-refractivity contribution in [2.75, 3.05) is 18.1 Å². The van der Waals surface area contributed by atoms with Crippen LogP contribution in [0.5, 0.6) is 0 Å². The number of carbonyl (C=O) groups is 3. The van der Waals surface area contributed by atoms with Gasteiger partial charge in [0.05, 0.1) is 11.3 Å². The van der Waals surface area contributed by atoms with E-state index in [2.05, 4.69) is 0 Å². The average Bonchev–Trinajstić information content (AvgIpc) is 3.33. The summed E-state index contributed by atoms with van der Waals surface area (Å²) in [7, 11) is 0. The predicted octanol–water partition coefficient (Wildman–Crippen LogP) is 3.34. The van der Waals surface area contributed by atoms with Gasteiger partial charge in [-0.25, -0.2) is 4.79 Å². The van der Waals surface area contributed by atoms with Gasteiger partial charge in [0.1, 0.15) is 0 Å². The molecule has 27 heavy (non-hydrogen) atoms. The van der Waals surface area contributed by atoms with Crippen LogP contribution in [0.15, 0.2) is 42.5 Å². The van der Waals surface area contributed by atoms with E-state index in [1.165, 1.54) is 11.1 Å². The normalized spacial score (nSPS) is 15.7. The van der Waals surface area contributed by atoms with Crippen molar-refractivity contribution in [2.45, 2.75) is 32.1 Å². The lowest BCUT2D eigenvalue weighted by molar-refractivity contribution is -0.117. The van der Waals surface area contributed by atoms with E-state index in [-0.39, 0.29) is 18.3 Å². The molecule has 1 aliphatic carbocycles. The lowest BCUT2D eigenvalue weighted by Crippen LogP contribution is -2.26. The molecule has 138 valence electrons. The second-order valence-electron chi connectivity index (χ2n) is 7.00. The summed E-state index contributed by atoms with van der Waals surface area (Å²) in [4.78, 5) is 38.6. The molecular weight excluding hydrogens is 342 g/mol. The molecule has 1 heterocycles. The summed E-state index contributed by atoms with van der Waals surface area (Å²) >= 11 is 0. The van der Waals surface area contributed by atoms with Gasteiger partial charge in [0.15, 0.2) is 12.4 Å². The highest BCUT2D eigenvalue weighted by Crippen LogP contribution is 2.26. The molecule has 1 aliphatic heterocycles. The Morgan fingerprint density at radius 1 is 0.963 bits per heavy atom. The molecule has 1 fully saturated rings. The van der Waals surface area contributed by atoms with Gasteiger partial charge in [-0.15, -0.1) is 0 Å². The number of hydrogen-bond acceptors (Lipinski definition) is 4. The van der Waals surface area contributed by atoms with Crippen molar-refractivity contribution < 1.29 is 19.1 Å². The van der Waals surface area contributed by atoms with Crippen molar-refractivity contribution in [1.82, 2.24) is 0 Å². The smallest absolute Gasteiger partial charge is 0.340 e. The molecule has 2 aromatic rings. The number of amides is 1. The van der Waals surface area contributed by atoms with Crippen LogP contribution in [0, 0.1) is 0 Å². The van der Waals surface area contributed by atoms with Crippen molar-refractivity contribution in [3.8, 4) is 0 Å². The molecule has 1 amide bonds. The molecule has 0 spiro atoms. The largest absolute Gasteiger partial charge is 0.454 e. The molecule has 2 aromatic carbocycles. The Balaban J connectivity index is 1.45. The first kappa shape index (κ1) is 17.5. The zero-order chi connectivity index (χ0) is 18.8. The van der Waals surface area contributed by atoms with E-state index in [0.29, 0.717) is 29.8 Å². The van der Waals surface area contributed by atoms with E-state index >= 15 is 0 Å². The first-order valence-electron chi connectivity index (χ1n) is 9.35. The third-order valence-electron chi connectivity index (χ3n) is 5.24. The number of anilines is 1. The summed E-state index contributed by atoms with van der Waals surface area (Å²) in [5, 5.41) is 0. The Labute approximate surface area is 157 Å². The van der Waals surface area contributed by atoms with Crippen LogP contribution in [0.2, 0.25) is 0 Å². The van der Waals surface area contributed by atoms with Crippen molar-refractivity contribution >= 4 is 23.3 Å². The number of fused-ring (bicyclic) bond motifs is 1. The third-order valence-corrected chi connectivity index (χ3v) is 5.24. The second-order valence-corrected chi connectivity index (χ2v) is 7.00. The Bertz CT molecular complexity index is 918. The summed E-state index contributed by atoms with van der Waals surface area (Å²) in [6, 6.07) is 12.6. The zero-order valence-corrected chi connectivity index (χ0v) is 15.1. The Morgan fingerprint density at radius 3 is 2.59 bits per heavy atom. The van der Waals surface area contributed by atoms with Gasteiger partial charge in [0.25, 0.3) is 0 Å². The number of ether oxygens (including phenoxy) is 1. The van der Waals surface area contributed by atoms with Crippen molar-refractivity contribution in [3.05, 3.63) is 64.7 Å².